The molecule has 0 radical (unpaired) electrons. The third-order valence-electron chi connectivity index (χ3n) is 5.61. The molecule has 1 aromatic heterocycles. The summed E-state index contributed by atoms with van der Waals surface area (Å²) in [5, 5.41) is 0. The molecule has 1 aliphatic heterocycles. The van der Waals surface area contributed by atoms with Gasteiger partial charge in [-0.2, -0.15) is 0 Å². The van der Waals surface area contributed by atoms with E-state index in [1.807, 2.05) is 48.3 Å². The number of imidazole rings is 1. The average molecular weight is 369 g/mol. The van der Waals surface area contributed by atoms with E-state index in [2.05, 4.69) is 41.7 Å². The summed E-state index contributed by atoms with van der Waals surface area (Å²) in [6.45, 7) is 6.01. The van der Waals surface area contributed by atoms with Crippen molar-refractivity contribution >= 4 is 5.91 Å². The molecule has 0 spiro atoms. The molecule has 0 bridgehead atoms. The van der Waals surface area contributed by atoms with Crippen LogP contribution in [0.1, 0.15) is 50.0 Å². The average Bonchev–Trinajstić information content (AvgIpc) is 3.16. The molecule has 2 aromatic rings. The number of hydrogen-bond acceptors (Lipinski definition) is 3. The number of benzene rings is 1. The molecular formula is C22H32N4O. The molecule has 1 amide bonds. The van der Waals surface area contributed by atoms with Crippen LogP contribution in [0.25, 0.3) is 0 Å². The fourth-order valence-electron chi connectivity index (χ4n) is 3.97. The van der Waals surface area contributed by atoms with Gasteiger partial charge in [0.1, 0.15) is 5.82 Å². The summed E-state index contributed by atoms with van der Waals surface area (Å²) >= 11 is 0. The second-order valence-electron chi connectivity index (χ2n) is 8.06. The zero-order valence-electron chi connectivity index (χ0n) is 17.0. The van der Waals surface area contributed by atoms with Gasteiger partial charge in [-0.3, -0.25) is 9.69 Å². The first-order valence-electron chi connectivity index (χ1n) is 9.99. The lowest BCUT2D eigenvalue weighted by molar-refractivity contribution is -0.137. The molecule has 1 atom stereocenters. The van der Waals surface area contributed by atoms with Crippen molar-refractivity contribution in [2.45, 2.75) is 51.1 Å². The lowest BCUT2D eigenvalue weighted by Crippen LogP contribution is -2.49. The maximum Gasteiger partial charge on any atom is 0.240 e. The van der Waals surface area contributed by atoms with Gasteiger partial charge in [-0.15, -0.1) is 0 Å². The summed E-state index contributed by atoms with van der Waals surface area (Å²) in [4.78, 5) is 21.9. The molecule has 0 N–H and O–H groups in total. The van der Waals surface area contributed by atoms with Crippen LogP contribution in [0.4, 0.5) is 0 Å². The molecule has 1 aromatic carbocycles. The van der Waals surface area contributed by atoms with Crippen molar-refractivity contribution < 1.29 is 4.79 Å². The van der Waals surface area contributed by atoms with Crippen LogP contribution >= 0.6 is 0 Å². The predicted molar refractivity (Wildman–Crippen MR) is 109 cm³/mol. The Hall–Kier alpha value is -2.14. The molecule has 1 aliphatic rings. The van der Waals surface area contributed by atoms with Crippen molar-refractivity contribution in [2.75, 3.05) is 27.2 Å². The van der Waals surface area contributed by atoms with E-state index < -0.39 is 0 Å². The topological polar surface area (TPSA) is 41.4 Å². The lowest BCUT2D eigenvalue weighted by Gasteiger charge is -2.36. The number of amides is 1. The van der Waals surface area contributed by atoms with Crippen LogP contribution in [-0.2, 0) is 11.2 Å². The molecule has 1 fully saturated rings. The Kier molecular flexibility index (Phi) is 6.32. The van der Waals surface area contributed by atoms with Crippen molar-refractivity contribution in [2.24, 2.45) is 0 Å². The van der Waals surface area contributed by atoms with E-state index in [9.17, 15) is 4.79 Å². The summed E-state index contributed by atoms with van der Waals surface area (Å²) < 4.78 is 2.26. The third kappa shape index (κ3) is 4.59. The van der Waals surface area contributed by atoms with E-state index in [1.54, 1.807) is 0 Å². The van der Waals surface area contributed by atoms with E-state index in [0.29, 0.717) is 12.0 Å². The number of likely N-dealkylation sites (tertiary alicyclic amines) is 1. The number of rotatable bonds is 6. The minimum Gasteiger partial charge on any atom is -0.341 e. The predicted octanol–water partition coefficient (Wildman–Crippen LogP) is 3.34. The van der Waals surface area contributed by atoms with Gasteiger partial charge in [0.2, 0.25) is 5.91 Å². The van der Waals surface area contributed by atoms with E-state index in [-0.39, 0.29) is 11.9 Å². The number of carbonyl (C=O) groups excluding carboxylic acids is 1. The number of hydrogen-bond donors (Lipinski definition) is 0. The summed E-state index contributed by atoms with van der Waals surface area (Å²) in [6, 6.07) is 10.6. The smallest absolute Gasteiger partial charge is 0.240 e. The normalized spacial score (nSPS) is 16.9. The summed E-state index contributed by atoms with van der Waals surface area (Å²) in [5.41, 5.74) is 1.21. The molecule has 146 valence electrons. The third-order valence-corrected chi connectivity index (χ3v) is 5.61. The monoisotopic (exact) mass is 368 g/mol. The number of carbonyl (C=O) groups is 1. The molecule has 27 heavy (non-hydrogen) atoms. The van der Waals surface area contributed by atoms with E-state index in [0.717, 1.165) is 32.4 Å². The first kappa shape index (κ1) is 19.6. The highest BCUT2D eigenvalue weighted by Crippen LogP contribution is 2.29. The fraction of sp³-hybridized carbons (Fsp3) is 0.545. The standard InChI is InChI=1S/C22H32N4O/c1-17(2)26-15-12-23-21(26)19-10-13-25(14-11-19)22(27)20(24(3)4)16-18-8-6-5-7-9-18/h5-9,12,15,17,19-20H,10-11,13-14,16H2,1-4H3/t20-/m0/s1. The molecule has 0 unspecified atom stereocenters. The molecule has 2 heterocycles. The van der Waals surface area contributed by atoms with E-state index in [4.69, 9.17) is 0 Å². The summed E-state index contributed by atoms with van der Waals surface area (Å²) in [5.74, 6) is 1.86. The van der Waals surface area contributed by atoms with Crippen LogP contribution in [-0.4, -0.2) is 58.5 Å². The quantitative estimate of drug-likeness (QED) is 0.785. The van der Waals surface area contributed by atoms with Crippen molar-refractivity contribution in [3.8, 4) is 0 Å². The fourth-order valence-corrected chi connectivity index (χ4v) is 3.97. The van der Waals surface area contributed by atoms with Crippen molar-refractivity contribution in [1.82, 2.24) is 19.4 Å². The number of nitrogens with zero attached hydrogens (tertiary/aromatic N) is 4. The first-order valence-corrected chi connectivity index (χ1v) is 9.99. The highest BCUT2D eigenvalue weighted by atomic mass is 16.2. The van der Waals surface area contributed by atoms with Gasteiger partial charge in [0.15, 0.2) is 0 Å². The Morgan fingerprint density at radius 1 is 1.19 bits per heavy atom. The zero-order valence-corrected chi connectivity index (χ0v) is 17.0. The maximum atomic E-state index is 13.2. The minimum atomic E-state index is -0.110. The largest absolute Gasteiger partial charge is 0.341 e. The van der Waals surface area contributed by atoms with Crippen molar-refractivity contribution in [3.63, 3.8) is 0 Å². The van der Waals surface area contributed by atoms with Crippen LogP contribution in [0.3, 0.4) is 0 Å². The van der Waals surface area contributed by atoms with E-state index in [1.165, 1.54) is 11.4 Å². The van der Waals surface area contributed by atoms with Gasteiger partial charge >= 0.3 is 0 Å². The molecule has 5 heteroatoms. The lowest BCUT2D eigenvalue weighted by atomic mass is 9.94. The Morgan fingerprint density at radius 3 is 2.44 bits per heavy atom. The minimum absolute atomic E-state index is 0.110. The first-order chi connectivity index (χ1) is 13.0. The van der Waals surface area contributed by atoms with Crippen molar-refractivity contribution in [1.29, 1.82) is 0 Å². The molecule has 0 aliphatic carbocycles. The highest BCUT2D eigenvalue weighted by Gasteiger charge is 2.31. The van der Waals surface area contributed by atoms with Gasteiger partial charge in [0, 0.05) is 37.4 Å². The molecule has 3 rings (SSSR count). The summed E-state index contributed by atoms with van der Waals surface area (Å²) in [6.07, 6.45) is 6.69. The van der Waals surface area contributed by atoms with Gasteiger partial charge < -0.3 is 9.47 Å². The van der Waals surface area contributed by atoms with Gasteiger partial charge in [0.25, 0.3) is 0 Å². The zero-order chi connectivity index (χ0) is 19.4. The van der Waals surface area contributed by atoms with Gasteiger partial charge in [0.05, 0.1) is 6.04 Å². The van der Waals surface area contributed by atoms with Crippen LogP contribution < -0.4 is 0 Å². The van der Waals surface area contributed by atoms with Crippen LogP contribution in [0.5, 0.6) is 0 Å². The van der Waals surface area contributed by atoms with Gasteiger partial charge in [-0.05, 0) is 52.8 Å². The second kappa shape index (κ2) is 8.70. The Bertz CT molecular complexity index is 730. The van der Waals surface area contributed by atoms with Crippen LogP contribution in [0, 0.1) is 0 Å². The maximum absolute atomic E-state index is 13.2. The van der Waals surface area contributed by atoms with E-state index >= 15 is 0 Å². The van der Waals surface area contributed by atoms with Crippen molar-refractivity contribution in [3.05, 3.63) is 54.1 Å². The van der Waals surface area contributed by atoms with Crippen LogP contribution in [0.2, 0.25) is 0 Å². The second-order valence-corrected chi connectivity index (χ2v) is 8.06. The Morgan fingerprint density at radius 2 is 1.85 bits per heavy atom. The Labute approximate surface area is 163 Å². The molecule has 0 saturated carbocycles. The SMILES string of the molecule is CC(C)n1ccnc1C1CCN(C(=O)[C@H](Cc2ccccc2)N(C)C)CC1. The van der Waals surface area contributed by atoms with Crippen LogP contribution in [0.15, 0.2) is 42.7 Å². The number of piperidine rings is 1. The molecule has 1 saturated heterocycles. The number of likely N-dealkylation sites (N-methyl/N-ethyl adjacent to an activating group) is 1. The number of aromatic nitrogens is 2. The van der Waals surface area contributed by atoms with Gasteiger partial charge in [-0.25, -0.2) is 4.98 Å². The molecule has 5 nitrogen and oxygen atoms in total. The summed E-state index contributed by atoms with van der Waals surface area (Å²) in [7, 11) is 4.00. The highest BCUT2D eigenvalue weighted by molar-refractivity contribution is 5.82. The molecular weight excluding hydrogens is 336 g/mol. The van der Waals surface area contributed by atoms with Gasteiger partial charge in [-0.1, -0.05) is 30.3 Å². The Balaban J connectivity index is 1.63.